The maximum atomic E-state index is 9.32. The van der Waals surface area contributed by atoms with Gasteiger partial charge in [0.15, 0.2) is 0 Å². The Morgan fingerprint density at radius 2 is 1.76 bits per heavy atom. The van der Waals surface area contributed by atoms with Gasteiger partial charge in [-0.1, -0.05) is 20.3 Å². The van der Waals surface area contributed by atoms with Crippen molar-refractivity contribution in [1.82, 2.24) is 5.32 Å². The van der Waals surface area contributed by atoms with Crippen molar-refractivity contribution in [3.63, 3.8) is 0 Å². The first-order chi connectivity index (χ1) is 8.20. The molecule has 0 spiro atoms. The zero-order chi connectivity index (χ0) is 12.3. The highest BCUT2D eigenvalue weighted by Crippen LogP contribution is 2.32. The van der Waals surface area contributed by atoms with Crippen molar-refractivity contribution in [2.75, 3.05) is 13.2 Å². The van der Waals surface area contributed by atoms with Crippen molar-refractivity contribution >= 4 is 0 Å². The average Bonchev–Trinajstić information content (AvgIpc) is 2.78. The Hall–Kier alpha value is -0.0800. The summed E-state index contributed by atoms with van der Waals surface area (Å²) < 4.78 is 0. The van der Waals surface area contributed by atoms with E-state index in [0.717, 1.165) is 30.3 Å². The molecule has 0 saturated heterocycles. The molecule has 0 aromatic rings. The van der Waals surface area contributed by atoms with Gasteiger partial charge in [0.1, 0.15) is 0 Å². The van der Waals surface area contributed by atoms with Crippen LogP contribution in [0, 0.1) is 23.7 Å². The fraction of sp³-hybridized carbons (Fsp3) is 1.00. The van der Waals surface area contributed by atoms with E-state index in [4.69, 9.17) is 0 Å². The quantitative estimate of drug-likeness (QED) is 0.790. The molecule has 2 aliphatic carbocycles. The minimum atomic E-state index is 0.393. The number of hydrogen-bond acceptors (Lipinski definition) is 2. The Morgan fingerprint density at radius 3 is 2.47 bits per heavy atom. The van der Waals surface area contributed by atoms with Crippen LogP contribution < -0.4 is 5.32 Å². The van der Waals surface area contributed by atoms with Crippen LogP contribution in [-0.4, -0.2) is 24.3 Å². The summed E-state index contributed by atoms with van der Waals surface area (Å²) in [6.07, 6.45) is 7.94. The van der Waals surface area contributed by atoms with Crippen LogP contribution in [0.25, 0.3) is 0 Å². The lowest BCUT2D eigenvalue weighted by Gasteiger charge is -2.33. The highest BCUT2D eigenvalue weighted by molar-refractivity contribution is 4.83. The van der Waals surface area contributed by atoms with Crippen LogP contribution in [0.2, 0.25) is 0 Å². The summed E-state index contributed by atoms with van der Waals surface area (Å²) in [7, 11) is 0. The van der Waals surface area contributed by atoms with E-state index in [9.17, 15) is 5.11 Å². The van der Waals surface area contributed by atoms with Gasteiger partial charge in [0.25, 0.3) is 0 Å². The van der Waals surface area contributed by atoms with Crippen molar-refractivity contribution in [3.05, 3.63) is 0 Å². The van der Waals surface area contributed by atoms with E-state index in [2.05, 4.69) is 19.2 Å². The topological polar surface area (TPSA) is 32.3 Å². The smallest absolute Gasteiger partial charge is 0.0462 e. The second-order valence-corrected chi connectivity index (χ2v) is 6.51. The summed E-state index contributed by atoms with van der Waals surface area (Å²) in [6.45, 7) is 6.31. The van der Waals surface area contributed by atoms with Gasteiger partial charge in [0, 0.05) is 12.6 Å². The third-order valence-electron chi connectivity index (χ3n) is 5.32. The van der Waals surface area contributed by atoms with Gasteiger partial charge in [-0.05, 0) is 62.3 Å². The minimum Gasteiger partial charge on any atom is -0.396 e. The molecule has 2 fully saturated rings. The van der Waals surface area contributed by atoms with Crippen molar-refractivity contribution in [2.24, 2.45) is 23.7 Å². The fourth-order valence-electron chi connectivity index (χ4n) is 3.67. The molecule has 2 nitrogen and oxygen atoms in total. The van der Waals surface area contributed by atoms with Gasteiger partial charge in [0.2, 0.25) is 0 Å². The minimum absolute atomic E-state index is 0.393. The predicted molar refractivity (Wildman–Crippen MR) is 71.9 cm³/mol. The molecule has 0 aliphatic heterocycles. The molecule has 0 bridgehead atoms. The molecular weight excluding hydrogens is 210 g/mol. The molecule has 2 aliphatic rings. The number of aliphatic hydroxyl groups is 1. The molecule has 2 N–H and O–H groups in total. The number of rotatable bonds is 4. The molecule has 2 heteroatoms. The van der Waals surface area contributed by atoms with Crippen LogP contribution in [0.15, 0.2) is 0 Å². The number of aliphatic hydroxyl groups excluding tert-OH is 1. The largest absolute Gasteiger partial charge is 0.396 e. The first-order valence-corrected chi connectivity index (χ1v) is 7.55. The first-order valence-electron chi connectivity index (χ1n) is 7.55. The Kier molecular flexibility index (Phi) is 4.87. The molecule has 2 rings (SSSR count). The zero-order valence-electron chi connectivity index (χ0n) is 11.5. The summed E-state index contributed by atoms with van der Waals surface area (Å²) >= 11 is 0. The van der Waals surface area contributed by atoms with Gasteiger partial charge in [-0.3, -0.25) is 0 Å². The van der Waals surface area contributed by atoms with E-state index in [1.165, 1.54) is 38.5 Å². The Balaban J connectivity index is 1.71. The van der Waals surface area contributed by atoms with Gasteiger partial charge in [0.05, 0.1) is 0 Å². The molecule has 5 atom stereocenters. The molecule has 5 unspecified atom stereocenters. The molecule has 0 radical (unpaired) electrons. The standard InChI is InChI=1S/C15H29NO/c1-11-6-7-15(8-12(11)2)16-9-13-4-3-5-14(13)10-17/h11-17H,3-10H2,1-2H3. The molecule has 0 heterocycles. The SMILES string of the molecule is CC1CCC(NCC2CCCC2CO)CC1C. The monoisotopic (exact) mass is 239 g/mol. The molecule has 2 saturated carbocycles. The third-order valence-corrected chi connectivity index (χ3v) is 5.32. The average molecular weight is 239 g/mol. The van der Waals surface area contributed by atoms with Gasteiger partial charge in [-0.2, -0.15) is 0 Å². The molecule has 0 aromatic carbocycles. The maximum absolute atomic E-state index is 9.32. The summed E-state index contributed by atoms with van der Waals surface area (Å²) in [5.41, 5.74) is 0. The lowest BCUT2D eigenvalue weighted by Crippen LogP contribution is -2.39. The van der Waals surface area contributed by atoms with Gasteiger partial charge in [-0.25, -0.2) is 0 Å². The van der Waals surface area contributed by atoms with E-state index in [-0.39, 0.29) is 0 Å². The summed E-state index contributed by atoms with van der Waals surface area (Å²) in [5.74, 6) is 3.08. The Bertz CT molecular complexity index is 231. The van der Waals surface area contributed by atoms with Gasteiger partial charge < -0.3 is 10.4 Å². The molecular formula is C15H29NO. The predicted octanol–water partition coefficient (Wildman–Crippen LogP) is 2.81. The van der Waals surface area contributed by atoms with Crippen LogP contribution in [0.5, 0.6) is 0 Å². The van der Waals surface area contributed by atoms with Crippen molar-refractivity contribution in [2.45, 2.75) is 58.4 Å². The van der Waals surface area contributed by atoms with Crippen molar-refractivity contribution < 1.29 is 5.11 Å². The second kappa shape index (κ2) is 6.19. The normalized spacial score (nSPS) is 42.9. The molecule has 17 heavy (non-hydrogen) atoms. The fourth-order valence-corrected chi connectivity index (χ4v) is 3.67. The highest BCUT2D eigenvalue weighted by atomic mass is 16.3. The highest BCUT2D eigenvalue weighted by Gasteiger charge is 2.29. The van der Waals surface area contributed by atoms with E-state index in [0.29, 0.717) is 12.5 Å². The van der Waals surface area contributed by atoms with Crippen LogP contribution in [0.4, 0.5) is 0 Å². The van der Waals surface area contributed by atoms with E-state index >= 15 is 0 Å². The van der Waals surface area contributed by atoms with Crippen molar-refractivity contribution in [3.8, 4) is 0 Å². The van der Waals surface area contributed by atoms with E-state index < -0.39 is 0 Å². The molecule has 0 aromatic heterocycles. The second-order valence-electron chi connectivity index (χ2n) is 6.51. The first kappa shape index (κ1) is 13.4. The lowest BCUT2D eigenvalue weighted by atomic mass is 9.79. The van der Waals surface area contributed by atoms with Crippen LogP contribution in [0.1, 0.15) is 52.4 Å². The summed E-state index contributed by atoms with van der Waals surface area (Å²) in [5, 5.41) is 13.1. The van der Waals surface area contributed by atoms with Crippen molar-refractivity contribution in [1.29, 1.82) is 0 Å². The van der Waals surface area contributed by atoms with Gasteiger partial charge in [-0.15, -0.1) is 0 Å². The third kappa shape index (κ3) is 3.45. The van der Waals surface area contributed by atoms with Crippen LogP contribution >= 0.6 is 0 Å². The summed E-state index contributed by atoms with van der Waals surface area (Å²) in [6, 6.07) is 0.737. The van der Waals surface area contributed by atoms with E-state index in [1.54, 1.807) is 0 Å². The van der Waals surface area contributed by atoms with Crippen LogP contribution in [0.3, 0.4) is 0 Å². The van der Waals surface area contributed by atoms with Gasteiger partial charge >= 0.3 is 0 Å². The zero-order valence-corrected chi connectivity index (χ0v) is 11.5. The molecule has 0 amide bonds. The maximum Gasteiger partial charge on any atom is 0.0462 e. The number of hydrogen-bond donors (Lipinski definition) is 2. The van der Waals surface area contributed by atoms with Crippen LogP contribution in [-0.2, 0) is 0 Å². The Morgan fingerprint density at radius 1 is 1.00 bits per heavy atom. The summed E-state index contributed by atoms with van der Waals surface area (Å²) in [4.78, 5) is 0. The lowest BCUT2D eigenvalue weighted by molar-refractivity contribution is 0.178. The Labute approximate surface area is 106 Å². The van der Waals surface area contributed by atoms with E-state index in [1.807, 2.05) is 0 Å². The number of nitrogens with one attached hydrogen (secondary N) is 1. The molecule has 100 valence electrons.